The molecule has 1 atom stereocenters. The van der Waals surface area contributed by atoms with E-state index >= 15 is 0 Å². The summed E-state index contributed by atoms with van der Waals surface area (Å²) in [4.78, 5) is 1.49. The normalized spacial score (nSPS) is 23.0. The Morgan fingerprint density at radius 2 is 2.40 bits per heavy atom. The second kappa shape index (κ2) is 3.37. The predicted octanol–water partition coefficient (Wildman–Crippen LogP) is 2.20. The maximum Gasteiger partial charge on any atom is 0.0426 e. The highest BCUT2D eigenvalue weighted by Crippen LogP contribution is 2.26. The van der Waals surface area contributed by atoms with Crippen LogP contribution >= 0.6 is 23.7 Å². The van der Waals surface area contributed by atoms with Gasteiger partial charge in [-0.25, -0.2) is 0 Å². The second-order valence-corrected chi connectivity index (χ2v) is 3.29. The van der Waals surface area contributed by atoms with Crippen molar-refractivity contribution in [1.82, 2.24) is 5.32 Å². The van der Waals surface area contributed by atoms with Gasteiger partial charge in [0.25, 0.3) is 0 Å². The van der Waals surface area contributed by atoms with Crippen molar-refractivity contribution in [2.45, 2.75) is 12.5 Å². The zero-order valence-corrected chi connectivity index (χ0v) is 7.17. The Kier molecular flexibility index (Phi) is 2.72. The van der Waals surface area contributed by atoms with Crippen LogP contribution in [0.5, 0.6) is 0 Å². The summed E-state index contributed by atoms with van der Waals surface area (Å²) in [5, 5.41) is 5.49. The highest BCUT2D eigenvalue weighted by Gasteiger charge is 2.18. The van der Waals surface area contributed by atoms with E-state index in [1.165, 1.54) is 17.8 Å². The molecule has 1 saturated heterocycles. The molecule has 0 saturated carbocycles. The molecule has 0 bridgehead atoms. The van der Waals surface area contributed by atoms with E-state index < -0.39 is 0 Å². The molecule has 1 fully saturated rings. The lowest BCUT2D eigenvalue weighted by molar-refractivity contribution is 0.389. The smallest absolute Gasteiger partial charge is 0.0426 e. The number of halogens is 1. The Balaban J connectivity index is 0.000000500. The van der Waals surface area contributed by atoms with Crippen molar-refractivity contribution < 1.29 is 0 Å². The Morgan fingerprint density at radius 3 is 2.80 bits per heavy atom. The average molecular weight is 176 g/mol. The number of hydrogen-bond donors (Lipinski definition) is 1. The first kappa shape index (κ1) is 8.05. The number of hydrogen-bond acceptors (Lipinski definition) is 2. The summed E-state index contributed by atoms with van der Waals surface area (Å²) in [6.07, 6.45) is 1.32. The van der Waals surface area contributed by atoms with Crippen LogP contribution in [0.2, 0.25) is 0 Å². The molecule has 2 rings (SSSR count). The van der Waals surface area contributed by atoms with E-state index in [0.29, 0.717) is 6.04 Å². The zero-order valence-electron chi connectivity index (χ0n) is 5.54. The van der Waals surface area contributed by atoms with Crippen molar-refractivity contribution in [2.24, 2.45) is 0 Å². The molecule has 0 aliphatic carbocycles. The summed E-state index contributed by atoms with van der Waals surface area (Å²) < 4.78 is 0. The van der Waals surface area contributed by atoms with Crippen molar-refractivity contribution in [3.8, 4) is 0 Å². The first-order valence-corrected chi connectivity index (χ1v) is 4.11. The third-order valence-corrected chi connectivity index (χ3v) is 2.70. The topological polar surface area (TPSA) is 12.0 Å². The SMILES string of the molecule is Cl.c1csc(C2CCN2)c1. The molecule has 0 radical (unpaired) electrons. The summed E-state index contributed by atoms with van der Waals surface area (Å²) >= 11 is 1.84. The molecule has 1 aromatic rings. The first-order valence-electron chi connectivity index (χ1n) is 3.23. The lowest BCUT2D eigenvalue weighted by Crippen LogP contribution is -2.34. The highest BCUT2D eigenvalue weighted by atomic mass is 35.5. The fourth-order valence-electron chi connectivity index (χ4n) is 1.02. The van der Waals surface area contributed by atoms with Crippen LogP contribution in [0, 0.1) is 0 Å². The lowest BCUT2D eigenvalue weighted by Gasteiger charge is -2.26. The minimum Gasteiger partial charge on any atom is -0.309 e. The van der Waals surface area contributed by atoms with Crippen molar-refractivity contribution >= 4 is 23.7 Å². The molecule has 10 heavy (non-hydrogen) atoms. The molecule has 0 amide bonds. The van der Waals surface area contributed by atoms with Gasteiger partial charge in [0.1, 0.15) is 0 Å². The number of thiophene rings is 1. The largest absolute Gasteiger partial charge is 0.309 e. The van der Waals surface area contributed by atoms with Gasteiger partial charge in [-0.2, -0.15) is 0 Å². The quantitative estimate of drug-likeness (QED) is 0.690. The van der Waals surface area contributed by atoms with Crippen molar-refractivity contribution in [1.29, 1.82) is 0 Å². The van der Waals surface area contributed by atoms with Crippen LogP contribution in [0.4, 0.5) is 0 Å². The summed E-state index contributed by atoms with van der Waals surface area (Å²) in [6, 6.07) is 4.99. The average Bonchev–Trinajstić information content (AvgIpc) is 2.11. The minimum absolute atomic E-state index is 0. The third kappa shape index (κ3) is 1.34. The Hall–Kier alpha value is -0.0500. The van der Waals surface area contributed by atoms with E-state index in [1.807, 2.05) is 11.3 Å². The first-order chi connectivity index (χ1) is 4.47. The summed E-state index contributed by atoms with van der Waals surface area (Å²) in [5.41, 5.74) is 0. The highest BCUT2D eigenvalue weighted by molar-refractivity contribution is 7.10. The predicted molar refractivity (Wildman–Crippen MR) is 46.9 cm³/mol. The monoisotopic (exact) mass is 175 g/mol. The van der Waals surface area contributed by atoms with Gasteiger partial charge in [-0.15, -0.1) is 23.7 Å². The fraction of sp³-hybridized carbons (Fsp3) is 0.429. The van der Waals surface area contributed by atoms with Gasteiger partial charge in [0.15, 0.2) is 0 Å². The van der Waals surface area contributed by atoms with Crippen LogP contribution in [-0.2, 0) is 0 Å². The Labute approximate surface area is 70.9 Å². The molecular formula is C7H10ClNS. The van der Waals surface area contributed by atoms with Crippen LogP contribution in [-0.4, -0.2) is 6.54 Å². The third-order valence-electron chi connectivity index (χ3n) is 1.71. The lowest BCUT2D eigenvalue weighted by atomic mass is 10.1. The van der Waals surface area contributed by atoms with Gasteiger partial charge in [0.05, 0.1) is 0 Å². The molecule has 0 aromatic carbocycles. The van der Waals surface area contributed by atoms with E-state index in [4.69, 9.17) is 0 Å². The van der Waals surface area contributed by atoms with E-state index in [1.54, 1.807) is 0 Å². The summed E-state index contributed by atoms with van der Waals surface area (Å²) in [7, 11) is 0. The van der Waals surface area contributed by atoms with Gasteiger partial charge in [-0.3, -0.25) is 0 Å². The van der Waals surface area contributed by atoms with Gasteiger partial charge >= 0.3 is 0 Å². The van der Waals surface area contributed by atoms with Gasteiger partial charge in [-0.1, -0.05) is 6.07 Å². The molecule has 1 aromatic heterocycles. The van der Waals surface area contributed by atoms with Gasteiger partial charge in [0, 0.05) is 10.9 Å². The van der Waals surface area contributed by atoms with Crippen LogP contribution in [0.25, 0.3) is 0 Å². The zero-order chi connectivity index (χ0) is 6.10. The summed E-state index contributed by atoms with van der Waals surface area (Å²) in [6.45, 7) is 1.20. The van der Waals surface area contributed by atoms with Crippen molar-refractivity contribution in [3.63, 3.8) is 0 Å². The fourth-order valence-corrected chi connectivity index (χ4v) is 1.86. The van der Waals surface area contributed by atoms with Crippen LogP contribution in [0.3, 0.4) is 0 Å². The van der Waals surface area contributed by atoms with E-state index in [0.717, 1.165) is 0 Å². The maximum atomic E-state index is 3.36. The molecule has 3 heteroatoms. The Bertz CT molecular complexity index is 181. The van der Waals surface area contributed by atoms with Gasteiger partial charge in [0.2, 0.25) is 0 Å². The molecule has 56 valence electrons. The maximum absolute atomic E-state index is 3.36. The second-order valence-electron chi connectivity index (χ2n) is 2.31. The van der Waals surface area contributed by atoms with Crippen LogP contribution in [0.15, 0.2) is 17.5 Å². The van der Waals surface area contributed by atoms with Crippen LogP contribution in [0.1, 0.15) is 17.3 Å². The van der Waals surface area contributed by atoms with Crippen LogP contribution < -0.4 is 5.32 Å². The molecule has 0 spiro atoms. The Morgan fingerprint density at radius 1 is 1.60 bits per heavy atom. The summed E-state index contributed by atoms with van der Waals surface area (Å²) in [5.74, 6) is 0. The van der Waals surface area contributed by atoms with E-state index in [9.17, 15) is 0 Å². The van der Waals surface area contributed by atoms with Crippen molar-refractivity contribution in [3.05, 3.63) is 22.4 Å². The standard InChI is InChI=1S/C7H9NS.ClH/c1-2-7(9-5-1)6-3-4-8-6;/h1-2,5-6,8H,3-4H2;1H. The number of nitrogens with one attached hydrogen (secondary N) is 1. The molecule has 1 aliphatic heterocycles. The molecule has 2 heterocycles. The van der Waals surface area contributed by atoms with E-state index in [2.05, 4.69) is 22.8 Å². The molecule has 1 unspecified atom stereocenters. The minimum atomic E-state index is 0. The van der Waals surface area contributed by atoms with E-state index in [-0.39, 0.29) is 12.4 Å². The molecule has 1 nitrogen and oxygen atoms in total. The molecular weight excluding hydrogens is 166 g/mol. The van der Waals surface area contributed by atoms with Gasteiger partial charge < -0.3 is 5.32 Å². The van der Waals surface area contributed by atoms with Gasteiger partial charge in [-0.05, 0) is 24.4 Å². The van der Waals surface area contributed by atoms with Crippen molar-refractivity contribution in [2.75, 3.05) is 6.54 Å². The number of rotatable bonds is 1. The molecule has 1 aliphatic rings. The molecule has 1 N–H and O–H groups in total.